The molecule has 3 heteroatoms. The lowest BCUT2D eigenvalue weighted by molar-refractivity contribution is 0.556. The Bertz CT molecular complexity index is 534. The molecule has 3 rings (SSSR count). The second-order valence-electron chi connectivity index (χ2n) is 4.95. The van der Waals surface area contributed by atoms with Gasteiger partial charge in [-0.3, -0.25) is 0 Å². The molecule has 2 atom stereocenters. The predicted octanol–water partition coefficient (Wildman–Crippen LogP) is 5.16. The minimum atomic E-state index is 0.642. The van der Waals surface area contributed by atoms with E-state index in [1.165, 1.54) is 35.0 Å². The highest BCUT2D eigenvalue weighted by molar-refractivity contribution is 7.17. The lowest BCUT2D eigenvalue weighted by atomic mass is 10.1. The maximum absolute atomic E-state index is 6.11. The summed E-state index contributed by atoms with van der Waals surface area (Å²) in [5.74, 6) is 0.789. The summed E-state index contributed by atoms with van der Waals surface area (Å²) in [6.07, 6.45) is 4.00. The summed E-state index contributed by atoms with van der Waals surface area (Å²) in [6, 6.07) is 7.13. The van der Waals surface area contributed by atoms with Crippen molar-refractivity contribution in [3.05, 3.63) is 28.6 Å². The summed E-state index contributed by atoms with van der Waals surface area (Å²) in [5.41, 5.74) is 1.23. The van der Waals surface area contributed by atoms with Gasteiger partial charge in [-0.05, 0) is 37.0 Å². The van der Waals surface area contributed by atoms with E-state index in [-0.39, 0.29) is 0 Å². The van der Waals surface area contributed by atoms with Crippen molar-refractivity contribution in [1.29, 1.82) is 0 Å². The number of anilines is 1. The SMILES string of the molecule is CC1CCCC1Nc1ccc2c(Cl)csc2c1. The average Bonchev–Trinajstić information content (AvgIpc) is 2.87. The van der Waals surface area contributed by atoms with Gasteiger partial charge in [-0.2, -0.15) is 0 Å². The van der Waals surface area contributed by atoms with Crippen molar-refractivity contribution in [1.82, 2.24) is 0 Å². The van der Waals surface area contributed by atoms with E-state index in [1.54, 1.807) is 11.3 Å². The van der Waals surface area contributed by atoms with Crippen LogP contribution in [-0.2, 0) is 0 Å². The molecule has 2 unspecified atom stereocenters. The Balaban J connectivity index is 1.85. The van der Waals surface area contributed by atoms with Gasteiger partial charge in [0, 0.05) is 27.2 Å². The first kappa shape index (κ1) is 11.4. The molecule has 2 aromatic rings. The van der Waals surface area contributed by atoms with Crippen LogP contribution in [-0.4, -0.2) is 6.04 Å². The van der Waals surface area contributed by atoms with E-state index >= 15 is 0 Å². The van der Waals surface area contributed by atoms with Gasteiger partial charge in [0.15, 0.2) is 0 Å². The van der Waals surface area contributed by atoms with E-state index in [0.29, 0.717) is 6.04 Å². The third kappa shape index (κ3) is 2.16. The Hall–Kier alpha value is -0.730. The van der Waals surface area contributed by atoms with Gasteiger partial charge in [0.05, 0.1) is 5.02 Å². The fourth-order valence-corrected chi connectivity index (χ4v) is 3.87. The molecule has 1 aliphatic rings. The van der Waals surface area contributed by atoms with Crippen LogP contribution in [0.1, 0.15) is 26.2 Å². The van der Waals surface area contributed by atoms with Crippen molar-refractivity contribution < 1.29 is 0 Å². The summed E-state index contributed by atoms with van der Waals surface area (Å²) >= 11 is 7.82. The van der Waals surface area contributed by atoms with Crippen LogP contribution in [0.3, 0.4) is 0 Å². The number of hydrogen-bond donors (Lipinski definition) is 1. The van der Waals surface area contributed by atoms with E-state index in [0.717, 1.165) is 10.9 Å². The largest absolute Gasteiger partial charge is 0.382 e. The van der Waals surface area contributed by atoms with Crippen molar-refractivity contribution in [2.24, 2.45) is 5.92 Å². The molecule has 0 spiro atoms. The zero-order chi connectivity index (χ0) is 11.8. The molecule has 1 saturated carbocycles. The van der Waals surface area contributed by atoms with Crippen molar-refractivity contribution in [2.75, 3.05) is 5.32 Å². The van der Waals surface area contributed by atoms with Crippen LogP contribution in [0.5, 0.6) is 0 Å². The van der Waals surface area contributed by atoms with E-state index in [9.17, 15) is 0 Å². The van der Waals surface area contributed by atoms with Gasteiger partial charge < -0.3 is 5.32 Å². The van der Waals surface area contributed by atoms with Crippen LogP contribution in [0.4, 0.5) is 5.69 Å². The molecule has 1 heterocycles. The highest BCUT2D eigenvalue weighted by Crippen LogP contribution is 2.33. The zero-order valence-electron chi connectivity index (χ0n) is 9.87. The smallest absolute Gasteiger partial charge is 0.0591 e. The normalized spacial score (nSPS) is 24.4. The number of nitrogens with one attached hydrogen (secondary N) is 1. The molecular weight excluding hydrogens is 250 g/mol. The van der Waals surface area contributed by atoms with Gasteiger partial charge in [0.2, 0.25) is 0 Å². The average molecular weight is 266 g/mol. The molecule has 1 nitrogen and oxygen atoms in total. The summed E-state index contributed by atoms with van der Waals surface area (Å²) in [5, 5.41) is 7.70. The molecular formula is C14H16ClNS. The maximum Gasteiger partial charge on any atom is 0.0591 e. The van der Waals surface area contributed by atoms with E-state index in [2.05, 4.69) is 30.4 Å². The predicted molar refractivity (Wildman–Crippen MR) is 77.3 cm³/mol. The van der Waals surface area contributed by atoms with Gasteiger partial charge in [-0.15, -0.1) is 11.3 Å². The van der Waals surface area contributed by atoms with Gasteiger partial charge >= 0.3 is 0 Å². The summed E-state index contributed by atoms with van der Waals surface area (Å²) < 4.78 is 1.27. The highest BCUT2D eigenvalue weighted by atomic mass is 35.5. The molecule has 0 radical (unpaired) electrons. The number of fused-ring (bicyclic) bond motifs is 1. The monoisotopic (exact) mass is 265 g/mol. The maximum atomic E-state index is 6.11. The van der Waals surface area contributed by atoms with Crippen molar-refractivity contribution >= 4 is 38.7 Å². The van der Waals surface area contributed by atoms with Crippen molar-refractivity contribution in [3.63, 3.8) is 0 Å². The third-order valence-electron chi connectivity index (χ3n) is 3.74. The number of benzene rings is 1. The van der Waals surface area contributed by atoms with Crippen LogP contribution in [0, 0.1) is 5.92 Å². The molecule has 90 valence electrons. The van der Waals surface area contributed by atoms with Crippen LogP contribution in [0.25, 0.3) is 10.1 Å². The molecule has 1 aliphatic carbocycles. The molecule has 17 heavy (non-hydrogen) atoms. The number of rotatable bonds is 2. The van der Waals surface area contributed by atoms with Crippen LogP contribution in [0.15, 0.2) is 23.6 Å². The first-order valence-electron chi connectivity index (χ1n) is 6.17. The number of halogens is 1. The van der Waals surface area contributed by atoms with E-state index in [4.69, 9.17) is 11.6 Å². The van der Waals surface area contributed by atoms with Crippen LogP contribution < -0.4 is 5.32 Å². The Kier molecular flexibility index (Phi) is 3.01. The summed E-state index contributed by atoms with van der Waals surface area (Å²) in [6.45, 7) is 2.34. The van der Waals surface area contributed by atoms with Crippen molar-refractivity contribution in [3.8, 4) is 0 Å². The minimum absolute atomic E-state index is 0.642. The highest BCUT2D eigenvalue weighted by Gasteiger charge is 2.22. The molecule has 1 aromatic carbocycles. The van der Waals surface area contributed by atoms with Crippen LogP contribution in [0.2, 0.25) is 5.02 Å². The molecule has 0 bridgehead atoms. The van der Waals surface area contributed by atoms with Gasteiger partial charge in [-0.1, -0.05) is 24.9 Å². The first-order valence-corrected chi connectivity index (χ1v) is 7.43. The fraction of sp³-hybridized carbons (Fsp3) is 0.429. The molecule has 1 fully saturated rings. The Morgan fingerprint density at radius 1 is 1.35 bits per heavy atom. The molecule has 1 aromatic heterocycles. The second-order valence-corrected chi connectivity index (χ2v) is 6.27. The van der Waals surface area contributed by atoms with Gasteiger partial charge in [-0.25, -0.2) is 0 Å². The molecule has 0 saturated heterocycles. The second kappa shape index (κ2) is 4.51. The number of hydrogen-bond acceptors (Lipinski definition) is 2. The minimum Gasteiger partial charge on any atom is -0.382 e. The quantitative estimate of drug-likeness (QED) is 0.791. The third-order valence-corrected chi connectivity index (χ3v) is 5.13. The summed E-state index contributed by atoms with van der Waals surface area (Å²) in [4.78, 5) is 0. The molecule has 0 amide bonds. The first-order chi connectivity index (χ1) is 8.24. The van der Waals surface area contributed by atoms with E-state index < -0.39 is 0 Å². The Morgan fingerprint density at radius 2 is 2.24 bits per heavy atom. The standard InChI is InChI=1S/C14H16ClNS/c1-9-3-2-4-13(9)16-10-5-6-11-12(15)8-17-14(11)7-10/h5-9,13,16H,2-4H2,1H3. The fourth-order valence-electron chi connectivity index (χ4n) is 2.66. The number of thiophene rings is 1. The molecule has 1 N–H and O–H groups in total. The van der Waals surface area contributed by atoms with Crippen LogP contribution >= 0.6 is 22.9 Å². The lowest BCUT2D eigenvalue weighted by Gasteiger charge is -2.18. The van der Waals surface area contributed by atoms with Gasteiger partial charge in [0.1, 0.15) is 0 Å². The van der Waals surface area contributed by atoms with Gasteiger partial charge in [0.25, 0.3) is 0 Å². The lowest BCUT2D eigenvalue weighted by Crippen LogP contribution is -2.21. The van der Waals surface area contributed by atoms with E-state index in [1.807, 2.05) is 5.38 Å². The van der Waals surface area contributed by atoms with Crippen molar-refractivity contribution in [2.45, 2.75) is 32.2 Å². The summed E-state index contributed by atoms with van der Waals surface area (Å²) in [7, 11) is 0. The topological polar surface area (TPSA) is 12.0 Å². The zero-order valence-corrected chi connectivity index (χ0v) is 11.4. The Morgan fingerprint density at radius 3 is 3.00 bits per heavy atom. The Labute approximate surface area is 111 Å². The molecule has 0 aliphatic heterocycles.